The second kappa shape index (κ2) is 3.43. The summed E-state index contributed by atoms with van der Waals surface area (Å²) in [6, 6.07) is 1.75. The van der Waals surface area contributed by atoms with Gasteiger partial charge in [0.05, 0.1) is 6.10 Å². The molecule has 0 amide bonds. The average Bonchev–Trinajstić information content (AvgIpc) is 1.96. The van der Waals surface area contributed by atoms with E-state index in [9.17, 15) is 0 Å². The third-order valence-electron chi connectivity index (χ3n) is 1.48. The summed E-state index contributed by atoms with van der Waals surface area (Å²) in [5.41, 5.74) is 7.38. The summed E-state index contributed by atoms with van der Waals surface area (Å²) < 4.78 is 5.36. The minimum absolute atomic E-state index is 0.139. The molecule has 0 bridgehead atoms. The van der Waals surface area contributed by atoms with E-state index >= 15 is 0 Å². The summed E-state index contributed by atoms with van der Waals surface area (Å²) in [6.07, 6.45) is 1.85. The number of ether oxygens (including phenoxy) is 1. The Hall–Kier alpha value is -1.25. The van der Waals surface area contributed by atoms with E-state index in [1.165, 1.54) is 0 Å². The number of rotatable bonds is 2. The SMILES string of the molecule is Cc1cnc(OC(C)C)cc1N. The molecule has 0 aliphatic rings. The molecule has 0 aliphatic heterocycles. The highest BCUT2D eigenvalue weighted by molar-refractivity contribution is 5.47. The summed E-state index contributed by atoms with van der Waals surface area (Å²) in [5.74, 6) is 0.591. The molecule has 0 saturated heterocycles. The van der Waals surface area contributed by atoms with Crippen LogP contribution in [0.4, 0.5) is 5.69 Å². The van der Waals surface area contributed by atoms with Crippen molar-refractivity contribution in [1.29, 1.82) is 0 Å². The number of nitrogens with two attached hydrogens (primary N) is 1. The van der Waals surface area contributed by atoms with Crippen molar-refractivity contribution >= 4 is 5.69 Å². The van der Waals surface area contributed by atoms with Gasteiger partial charge < -0.3 is 10.5 Å². The van der Waals surface area contributed by atoms with Crippen LogP contribution in [0.1, 0.15) is 19.4 Å². The van der Waals surface area contributed by atoms with E-state index in [-0.39, 0.29) is 6.10 Å². The molecular formula is C9H14N2O. The number of nitrogen functional groups attached to an aromatic ring is 1. The zero-order valence-corrected chi connectivity index (χ0v) is 7.66. The van der Waals surface area contributed by atoms with Crippen LogP contribution in [0.5, 0.6) is 5.88 Å². The van der Waals surface area contributed by atoms with Gasteiger partial charge in [0.1, 0.15) is 0 Å². The van der Waals surface area contributed by atoms with Crippen LogP contribution < -0.4 is 10.5 Å². The largest absolute Gasteiger partial charge is 0.475 e. The molecule has 0 radical (unpaired) electrons. The fourth-order valence-electron chi connectivity index (χ4n) is 0.825. The molecule has 2 N–H and O–H groups in total. The van der Waals surface area contributed by atoms with E-state index in [1.54, 1.807) is 12.3 Å². The predicted molar refractivity (Wildman–Crippen MR) is 49.2 cm³/mol. The lowest BCUT2D eigenvalue weighted by atomic mass is 10.3. The van der Waals surface area contributed by atoms with Crippen LogP contribution in [0.2, 0.25) is 0 Å². The average molecular weight is 166 g/mol. The first-order chi connectivity index (χ1) is 5.59. The summed E-state index contributed by atoms with van der Waals surface area (Å²) in [5, 5.41) is 0. The molecule has 3 heteroatoms. The Kier molecular flexibility index (Phi) is 2.53. The van der Waals surface area contributed by atoms with Crippen LogP contribution in [0.15, 0.2) is 12.3 Å². The minimum Gasteiger partial charge on any atom is -0.475 e. The fourth-order valence-corrected chi connectivity index (χ4v) is 0.825. The van der Waals surface area contributed by atoms with Gasteiger partial charge in [-0.2, -0.15) is 0 Å². The first-order valence-corrected chi connectivity index (χ1v) is 3.98. The minimum atomic E-state index is 0.139. The Morgan fingerprint density at radius 2 is 2.17 bits per heavy atom. The van der Waals surface area contributed by atoms with Crippen LogP contribution in [-0.2, 0) is 0 Å². The molecule has 0 saturated carbocycles. The summed E-state index contributed by atoms with van der Waals surface area (Å²) in [4.78, 5) is 4.08. The lowest BCUT2D eigenvalue weighted by molar-refractivity contribution is 0.233. The van der Waals surface area contributed by atoms with Crippen molar-refractivity contribution in [3.05, 3.63) is 17.8 Å². The van der Waals surface area contributed by atoms with E-state index in [2.05, 4.69) is 4.98 Å². The van der Waals surface area contributed by atoms with Crippen molar-refractivity contribution in [2.45, 2.75) is 26.9 Å². The standard InChI is InChI=1S/C9H14N2O/c1-6(2)12-9-4-8(10)7(3)5-11-9/h4-6H,1-3H3,(H2,10,11). The fraction of sp³-hybridized carbons (Fsp3) is 0.444. The highest BCUT2D eigenvalue weighted by atomic mass is 16.5. The van der Waals surface area contributed by atoms with Crippen LogP contribution in [0.3, 0.4) is 0 Å². The molecule has 1 aromatic rings. The normalized spacial score (nSPS) is 10.3. The first kappa shape index (κ1) is 8.84. The Balaban J connectivity index is 2.82. The topological polar surface area (TPSA) is 48.1 Å². The van der Waals surface area contributed by atoms with Crippen LogP contribution in [0, 0.1) is 6.92 Å². The molecule has 0 unspecified atom stereocenters. The Morgan fingerprint density at radius 1 is 1.50 bits per heavy atom. The zero-order valence-electron chi connectivity index (χ0n) is 7.66. The van der Waals surface area contributed by atoms with Gasteiger partial charge in [-0.15, -0.1) is 0 Å². The molecule has 0 fully saturated rings. The Morgan fingerprint density at radius 3 is 2.67 bits per heavy atom. The lowest BCUT2D eigenvalue weighted by Crippen LogP contribution is -2.07. The molecule has 0 atom stereocenters. The van der Waals surface area contributed by atoms with Gasteiger partial charge in [-0.05, 0) is 26.3 Å². The number of nitrogens with zero attached hydrogens (tertiary/aromatic N) is 1. The molecule has 66 valence electrons. The Bertz CT molecular complexity index is 271. The second-order valence-electron chi connectivity index (χ2n) is 3.05. The van der Waals surface area contributed by atoms with Gasteiger partial charge in [0.2, 0.25) is 5.88 Å². The highest BCUT2D eigenvalue weighted by Gasteiger charge is 2.00. The van der Waals surface area contributed by atoms with Gasteiger partial charge in [0.25, 0.3) is 0 Å². The molecule has 1 rings (SSSR count). The predicted octanol–water partition coefficient (Wildman–Crippen LogP) is 1.76. The van der Waals surface area contributed by atoms with Gasteiger partial charge in [-0.3, -0.25) is 0 Å². The summed E-state index contributed by atoms with van der Waals surface area (Å²) in [6.45, 7) is 5.83. The van der Waals surface area contributed by atoms with Crippen molar-refractivity contribution < 1.29 is 4.74 Å². The van der Waals surface area contributed by atoms with Crippen molar-refractivity contribution in [2.24, 2.45) is 0 Å². The van der Waals surface area contributed by atoms with Crippen molar-refractivity contribution in [3.8, 4) is 5.88 Å². The summed E-state index contributed by atoms with van der Waals surface area (Å²) in [7, 11) is 0. The van der Waals surface area contributed by atoms with Gasteiger partial charge in [0, 0.05) is 18.0 Å². The molecular weight excluding hydrogens is 152 g/mol. The van der Waals surface area contributed by atoms with E-state index in [0.29, 0.717) is 5.88 Å². The molecule has 3 nitrogen and oxygen atoms in total. The van der Waals surface area contributed by atoms with Crippen molar-refractivity contribution in [2.75, 3.05) is 5.73 Å². The van der Waals surface area contributed by atoms with E-state index < -0.39 is 0 Å². The number of aryl methyl sites for hydroxylation is 1. The smallest absolute Gasteiger partial charge is 0.215 e. The maximum atomic E-state index is 5.68. The number of pyridine rings is 1. The first-order valence-electron chi connectivity index (χ1n) is 3.98. The number of hydrogen-bond acceptors (Lipinski definition) is 3. The van der Waals surface area contributed by atoms with Crippen LogP contribution in [-0.4, -0.2) is 11.1 Å². The van der Waals surface area contributed by atoms with E-state index in [1.807, 2.05) is 20.8 Å². The van der Waals surface area contributed by atoms with Crippen LogP contribution >= 0.6 is 0 Å². The monoisotopic (exact) mass is 166 g/mol. The highest BCUT2D eigenvalue weighted by Crippen LogP contribution is 2.16. The number of aromatic nitrogens is 1. The van der Waals surface area contributed by atoms with Gasteiger partial charge >= 0.3 is 0 Å². The molecule has 1 heterocycles. The van der Waals surface area contributed by atoms with Crippen molar-refractivity contribution in [1.82, 2.24) is 4.98 Å². The quantitative estimate of drug-likeness (QED) is 0.728. The molecule has 1 aromatic heterocycles. The number of hydrogen-bond donors (Lipinski definition) is 1. The molecule has 12 heavy (non-hydrogen) atoms. The molecule has 0 aromatic carbocycles. The molecule has 0 spiro atoms. The Labute approximate surface area is 72.6 Å². The van der Waals surface area contributed by atoms with Crippen molar-refractivity contribution in [3.63, 3.8) is 0 Å². The third kappa shape index (κ3) is 2.12. The van der Waals surface area contributed by atoms with Gasteiger partial charge in [0.15, 0.2) is 0 Å². The van der Waals surface area contributed by atoms with Crippen LogP contribution in [0.25, 0.3) is 0 Å². The maximum Gasteiger partial charge on any atom is 0.215 e. The maximum absolute atomic E-state index is 5.68. The second-order valence-corrected chi connectivity index (χ2v) is 3.05. The molecule has 0 aliphatic carbocycles. The summed E-state index contributed by atoms with van der Waals surface area (Å²) >= 11 is 0. The zero-order chi connectivity index (χ0) is 9.14. The van der Waals surface area contributed by atoms with E-state index in [0.717, 1.165) is 11.3 Å². The van der Waals surface area contributed by atoms with Gasteiger partial charge in [-0.1, -0.05) is 0 Å². The number of anilines is 1. The van der Waals surface area contributed by atoms with E-state index in [4.69, 9.17) is 10.5 Å². The third-order valence-corrected chi connectivity index (χ3v) is 1.48. The van der Waals surface area contributed by atoms with Gasteiger partial charge in [-0.25, -0.2) is 4.98 Å². The lowest BCUT2D eigenvalue weighted by Gasteiger charge is -2.09.